The van der Waals surface area contributed by atoms with Crippen LogP contribution in [0.4, 0.5) is 5.95 Å². The third-order valence-electron chi connectivity index (χ3n) is 1.06. The van der Waals surface area contributed by atoms with Gasteiger partial charge in [0.1, 0.15) is 5.15 Å². The number of halogens is 1. The molecule has 0 aliphatic heterocycles. The van der Waals surface area contributed by atoms with Crippen LogP contribution in [0.25, 0.3) is 0 Å². The SMILES string of the molecule is Nc1ncc(C#CCS)c(Cl)n1. The fourth-order valence-electron chi connectivity index (χ4n) is 0.592. The van der Waals surface area contributed by atoms with Crippen molar-refractivity contribution in [3.8, 4) is 11.8 Å². The molecule has 5 heteroatoms. The minimum atomic E-state index is 0.149. The lowest BCUT2D eigenvalue weighted by Crippen LogP contribution is -1.95. The summed E-state index contributed by atoms with van der Waals surface area (Å²) in [5, 5.41) is 0.275. The van der Waals surface area contributed by atoms with Gasteiger partial charge in [0.05, 0.1) is 11.3 Å². The van der Waals surface area contributed by atoms with E-state index in [9.17, 15) is 0 Å². The van der Waals surface area contributed by atoms with E-state index in [0.29, 0.717) is 11.3 Å². The molecule has 0 atom stereocenters. The second-order valence-corrected chi connectivity index (χ2v) is 2.57. The van der Waals surface area contributed by atoms with Crippen molar-refractivity contribution >= 4 is 30.2 Å². The molecular weight excluding hydrogens is 194 g/mol. The van der Waals surface area contributed by atoms with E-state index in [1.165, 1.54) is 6.20 Å². The molecule has 62 valence electrons. The highest BCUT2D eigenvalue weighted by Crippen LogP contribution is 2.10. The molecule has 0 amide bonds. The molecule has 0 spiro atoms. The molecule has 0 aromatic carbocycles. The lowest BCUT2D eigenvalue weighted by atomic mass is 10.3. The maximum atomic E-state index is 5.71. The smallest absolute Gasteiger partial charge is 0.221 e. The molecule has 2 N–H and O–H groups in total. The first kappa shape index (κ1) is 9.17. The van der Waals surface area contributed by atoms with Crippen LogP contribution in [0.3, 0.4) is 0 Å². The van der Waals surface area contributed by atoms with E-state index in [-0.39, 0.29) is 11.1 Å². The highest BCUT2D eigenvalue weighted by atomic mass is 35.5. The highest BCUT2D eigenvalue weighted by Gasteiger charge is 1.98. The number of nitrogen functional groups attached to an aromatic ring is 1. The van der Waals surface area contributed by atoms with Crippen LogP contribution in [-0.4, -0.2) is 15.7 Å². The van der Waals surface area contributed by atoms with Crippen LogP contribution in [0, 0.1) is 11.8 Å². The third kappa shape index (κ3) is 2.29. The van der Waals surface area contributed by atoms with Crippen LogP contribution in [0.2, 0.25) is 5.15 Å². The van der Waals surface area contributed by atoms with Crippen LogP contribution in [0.1, 0.15) is 5.56 Å². The molecular formula is C7H6ClN3S. The van der Waals surface area contributed by atoms with Gasteiger partial charge < -0.3 is 5.73 Å². The second kappa shape index (κ2) is 4.19. The monoisotopic (exact) mass is 199 g/mol. The molecule has 1 aromatic heterocycles. The minimum Gasteiger partial charge on any atom is -0.368 e. The number of anilines is 1. The first-order valence-corrected chi connectivity index (χ1v) is 4.13. The molecule has 3 nitrogen and oxygen atoms in total. The molecule has 0 fully saturated rings. The van der Waals surface area contributed by atoms with E-state index >= 15 is 0 Å². The van der Waals surface area contributed by atoms with Gasteiger partial charge >= 0.3 is 0 Å². The number of hydrogen-bond donors (Lipinski definition) is 2. The highest BCUT2D eigenvalue weighted by molar-refractivity contribution is 7.80. The maximum Gasteiger partial charge on any atom is 0.221 e. The fraction of sp³-hybridized carbons (Fsp3) is 0.143. The van der Waals surface area contributed by atoms with Gasteiger partial charge in [0.2, 0.25) is 5.95 Å². The van der Waals surface area contributed by atoms with Crippen LogP contribution < -0.4 is 5.73 Å². The Balaban J connectivity index is 3.01. The van der Waals surface area contributed by atoms with E-state index in [4.69, 9.17) is 17.3 Å². The van der Waals surface area contributed by atoms with Crippen molar-refractivity contribution in [2.45, 2.75) is 0 Å². The molecule has 0 radical (unpaired) electrons. The van der Waals surface area contributed by atoms with E-state index < -0.39 is 0 Å². The molecule has 0 unspecified atom stereocenters. The molecule has 0 bridgehead atoms. The largest absolute Gasteiger partial charge is 0.368 e. The van der Waals surface area contributed by atoms with Gasteiger partial charge in [-0.1, -0.05) is 23.4 Å². The van der Waals surface area contributed by atoms with Crippen molar-refractivity contribution in [3.05, 3.63) is 16.9 Å². The van der Waals surface area contributed by atoms with Gasteiger partial charge in [-0.2, -0.15) is 17.6 Å². The van der Waals surface area contributed by atoms with Crippen LogP contribution in [-0.2, 0) is 0 Å². The summed E-state index contributed by atoms with van der Waals surface area (Å²) in [6.45, 7) is 0. The van der Waals surface area contributed by atoms with Gasteiger partial charge in [-0.05, 0) is 0 Å². The summed E-state index contributed by atoms with van der Waals surface area (Å²) in [6.07, 6.45) is 1.49. The number of rotatable bonds is 0. The Kier molecular flexibility index (Phi) is 3.20. The zero-order chi connectivity index (χ0) is 8.97. The van der Waals surface area contributed by atoms with Crippen molar-refractivity contribution in [3.63, 3.8) is 0 Å². The summed E-state index contributed by atoms with van der Waals surface area (Å²) in [4.78, 5) is 7.48. The molecule has 0 saturated heterocycles. The van der Waals surface area contributed by atoms with Crippen molar-refractivity contribution in [1.29, 1.82) is 0 Å². The number of nitrogens with zero attached hydrogens (tertiary/aromatic N) is 2. The Morgan fingerprint density at radius 3 is 3.00 bits per heavy atom. The minimum absolute atomic E-state index is 0.149. The van der Waals surface area contributed by atoms with E-state index in [0.717, 1.165) is 0 Å². The quantitative estimate of drug-likeness (QED) is 0.372. The lowest BCUT2D eigenvalue weighted by molar-refractivity contribution is 1.17. The summed E-state index contributed by atoms with van der Waals surface area (Å²) < 4.78 is 0. The van der Waals surface area contributed by atoms with E-state index in [1.807, 2.05) is 0 Å². The molecule has 0 aliphatic carbocycles. The number of aromatic nitrogens is 2. The predicted octanol–water partition coefficient (Wildman–Crippen LogP) is 0.994. The van der Waals surface area contributed by atoms with Gasteiger partial charge in [-0.3, -0.25) is 0 Å². The fourth-order valence-corrected chi connectivity index (χ4v) is 0.854. The van der Waals surface area contributed by atoms with Crippen molar-refractivity contribution in [1.82, 2.24) is 9.97 Å². The summed E-state index contributed by atoms with van der Waals surface area (Å²) in [5.41, 5.74) is 5.86. The molecule has 1 rings (SSSR count). The van der Waals surface area contributed by atoms with Gasteiger partial charge in [-0.25, -0.2) is 4.98 Å². The summed E-state index contributed by atoms with van der Waals surface area (Å²) in [7, 11) is 0. The molecule has 1 heterocycles. The number of thiol groups is 1. The molecule has 0 aliphatic rings. The first-order valence-electron chi connectivity index (χ1n) is 3.12. The van der Waals surface area contributed by atoms with Gasteiger partial charge in [0.15, 0.2) is 0 Å². The number of hydrogen-bond acceptors (Lipinski definition) is 4. The van der Waals surface area contributed by atoms with Crippen LogP contribution in [0.5, 0.6) is 0 Å². The summed E-state index contributed by atoms with van der Waals surface area (Å²) in [6, 6.07) is 0. The Hall–Kier alpha value is -0.920. The van der Waals surface area contributed by atoms with E-state index in [1.54, 1.807) is 0 Å². The lowest BCUT2D eigenvalue weighted by Gasteiger charge is -1.94. The standard InChI is InChI=1S/C7H6ClN3S/c8-6-5(2-1-3-12)4-10-7(9)11-6/h4,12H,3H2,(H2,9,10,11). The topological polar surface area (TPSA) is 51.8 Å². The summed E-state index contributed by atoms with van der Waals surface area (Å²) >= 11 is 9.63. The Morgan fingerprint density at radius 2 is 2.42 bits per heavy atom. The predicted molar refractivity (Wildman–Crippen MR) is 52.2 cm³/mol. The van der Waals surface area contributed by atoms with Gasteiger partial charge in [-0.15, -0.1) is 0 Å². The van der Waals surface area contributed by atoms with Crippen molar-refractivity contribution in [2.75, 3.05) is 11.5 Å². The average molecular weight is 200 g/mol. The van der Waals surface area contributed by atoms with Gasteiger partial charge in [0.25, 0.3) is 0 Å². The van der Waals surface area contributed by atoms with Crippen molar-refractivity contribution < 1.29 is 0 Å². The second-order valence-electron chi connectivity index (χ2n) is 1.89. The molecule has 1 aromatic rings. The zero-order valence-corrected chi connectivity index (χ0v) is 7.73. The normalized spacial score (nSPS) is 8.83. The molecule has 12 heavy (non-hydrogen) atoms. The molecule has 0 saturated carbocycles. The summed E-state index contributed by atoms with van der Waals surface area (Å²) in [5.74, 6) is 6.11. The maximum absolute atomic E-state index is 5.71. The van der Waals surface area contributed by atoms with Crippen molar-refractivity contribution in [2.24, 2.45) is 0 Å². The first-order chi connectivity index (χ1) is 5.74. The number of nitrogens with two attached hydrogens (primary N) is 1. The van der Waals surface area contributed by atoms with E-state index in [2.05, 4.69) is 34.4 Å². The van der Waals surface area contributed by atoms with Crippen LogP contribution in [0.15, 0.2) is 6.20 Å². The Labute approximate surface area is 80.8 Å². The van der Waals surface area contributed by atoms with Crippen LogP contribution >= 0.6 is 24.2 Å². The Bertz CT molecular complexity index is 342. The Morgan fingerprint density at radius 1 is 1.67 bits per heavy atom. The van der Waals surface area contributed by atoms with Gasteiger partial charge in [0, 0.05) is 6.20 Å². The average Bonchev–Trinajstić information content (AvgIpc) is 2.03. The third-order valence-corrected chi connectivity index (χ3v) is 1.51. The zero-order valence-electron chi connectivity index (χ0n) is 6.08.